The summed E-state index contributed by atoms with van der Waals surface area (Å²) in [6.07, 6.45) is 6.73. The Hall–Kier alpha value is 0.230. The number of hydrogen-bond donors (Lipinski definition) is 1. The van der Waals surface area contributed by atoms with Gasteiger partial charge in [-0.25, -0.2) is 0 Å². The van der Waals surface area contributed by atoms with Crippen molar-refractivity contribution < 1.29 is 4.74 Å². The van der Waals surface area contributed by atoms with Crippen LogP contribution < -0.4 is 5.32 Å². The molecular formula is C20H38IN5OS. The third-order valence-corrected chi connectivity index (χ3v) is 8.16. The molecule has 1 N–H and O–H groups in total. The summed E-state index contributed by atoms with van der Waals surface area (Å²) in [6.45, 7) is 9.78. The van der Waals surface area contributed by atoms with Crippen LogP contribution in [0.15, 0.2) is 4.99 Å². The maximum Gasteiger partial charge on any atom is 0.193 e. The summed E-state index contributed by atoms with van der Waals surface area (Å²) in [6, 6.07) is 0.721. The van der Waals surface area contributed by atoms with Gasteiger partial charge in [0.05, 0.1) is 13.2 Å². The average Bonchev–Trinajstić information content (AvgIpc) is 3.41. The van der Waals surface area contributed by atoms with Crippen molar-refractivity contribution in [1.82, 2.24) is 20.0 Å². The highest BCUT2D eigenvalue weighted by Gasteiger charge is 2.41. The molecule has 4 fully saturated rings. The van der Waals surface area contributed by atoms with E-state index >= 15 is 0 Å². The number of guanidine groups is 1. The van der Waals surface area contributed by atoms with E-state index in [-0.39, 0.29) is 29.5 Å². The van der Waals surface area contributed by atoms with Gasteiger partial charge in [0, 0.05) is 57.1 Å². The van der Waals surface area contributed by atoms with E-state index in [9.17, 15) is 0 Å². The molecule has 0 amide bonds. The van der Waals surface area contributed by atoms with Crippen LogP contribution in [0.2, 0.25) is 0 Å². The molecule has 0 aromatic rings. The fourth-order valence-corrected chi connectivity index (χ4v) is 6.70. The number of piperidine rings is 1. The highest BCUT2D eigenvalue weighted by Crippen LogP contribution is 2.33. The minimum atomic E-state index is 0. The quantitative estimate of drug-likeness (QED) is 0.346. The minimum absolute atomic E-state index is 0. The summed E-state index contributed by atoms with van der Waals surface area (Å²) in [4.78, 5) is 12.5. The number of nitrogens with one attached hydrogen (secondary N) is 1. The molecule has 0 radical (unpaired) electrons. The number of halogens is 1. The van der Waals surface area contributed by atoms with Gasteiger partial charge in [0.2, 0.25) is 0 Å². The van der Waals surface area contributed by atoms with Crippen LogP contribution in [0, 0.1) is 0 Å². The van der Waals surface area contributed by atoms with Gasteiger partial charge in [0.25, 0.3) is 0 Å². The Balaban J connectivity index is 0.00000225. The lowest BCUT2D eigenvalue weighted by molar-refractivity contribution is -0.0121. The number of ether oxygens (including phenoxy) is 1. The molecule has 4 aliphatic rings. The second-order valence-corrected chi connectivity index (χ2v) is 9.62. The molecule has 0 spiro atoms. The van der Waals surface area contributed by atoms with E-state index in [1.54, 1.807) is 0 Å². The summed E-state index contributed by atoms with van der Waals surface area (Å²) in [5.41, 5.74) is 0.274. The van der Waals surface area contributed by atoms with Crippen molar-refractivity contribution in [2.24, 2.45) is 4.99 Å². The Kier molecular flexibility index (Phi) is 9.02. The van der Waals surface area contributed by atoms with E-state index in [0.29, 0.717) is 0 Å². The third-order valence-electron chi connectivity index (χ3n) is 6.92. The molecule has 28 heavy (non-hydrogen) atoms. The topological polar surface area (TPSA) is 43.3 Å². The fourth-order valence-electron chi connectivity index (χ4n) is 5.23. The molecule has 4 heterocycles. The highest BCUT2D eigenvalue weighted by molar-refractivity contribution is 14.0. The zero-order chi connectivity index (χ0) is 18.5. The molecule has 8 heteroatoms. The predicted molar refractivity (Wildman–Crippen MR) is 129 cm³/mol. The number of rotatable bonds is 4. The molecule has 0 aromatic heterocycles. The summed E-state index contributed by atoms with van der Waals surface area (Å²) in [5, 5.41) is 3.78. The lowest BCUT2D eigenvalue weighted by atomic mass is 9.95. The van der Waals surface area contributed by atoms with Crippen molar-refractivity contribution in [2.45, 2.75) is 43.7 Å². The number of thioether (sulfide) groups is 1. The lowest BCUT2D eigenvalue weighted by Crippen LogP contribution is -2.60. The van der Waals surface area contributed by atoms with E-state index in [0.717, 1.165) is 57.9 Å². The molecule has 4 rings (SSSR count). The van der Waals surface area contributed by atoms with E-state index in [2.05, 4.69) is 36.8 Å². The lowest BCUT2D eigenvalue weighted by Gasteiger charge is -2.43. The average molecular weight is 524 g/mol. The molecule has 4 saturated heterocycles. The Bertz CT molecular complexity index is 505. The molecule has 0 aliphatic carbocycles. The summed E-state index contributed by atoms with van der Waals surface area (Å²) < 4.78 is 5.60. The van der Waals surface area contributed by atoms with E-state index < -0.39 is 0 Å². The molecular weight excluding hydrogens is 485 g/mol. The molecule has 6 nitrogen and oxygen atoms in total. The van der Waals surface area contributed by atoms with Crippen molar-refractivity contribution in [3.63, 3.8) is 0 Å². The largest absolute Gasteiger partial charge is 0.379 e. The van der Waals surface area contributed by atoms with Gasteiger partial charge >= 0.3 is 0 Å². The van der Waals surface area contributed by atoms with Crippen molar-refractivity contribution in [3.05, 3.63) is 0 Å². The zero-order valence-corrected chi connectivity index (χ0v) is 20.6. The van der Waals surface area contributed by atoms with Crippen molar-refractivity contribution in [1.29, 1.82) is 0 Å². The second kappa shape index (κ2) is 11.0. The maximum atomic E-state index is 5.60. The molecule has 2 atom stereocenters. The Morgan fingerprint density at radius 2 is 1.93 bits per heavy atom. The number of morpholine rings is 1. The van der Waals surface area contributed by atoms with Crippen LogP contribution in [0.4, 0.5) is 0 Å². The van der Waals surface area contributed by atoms with Gasteiger partial charge in [-0.2, -0.15) is 11.8 Å². The van der Waals surface area contributed by atoms with Crippen molar-refractivity contribution in [2.75, 3.05) is 77.6 Å². The zero-order valence-electron chi connectivity index (χ0n) is 17.4. The van der Waals surface area contributed by atoms with Crippen molar-refractivity contribution in [3.8, 4) is 0 Å². The number of nitrogens with zero attached hydrogens (tertiary/aromatic N) is 4. The van der Waals surface area contributed by atoms with Crippen LogP contribution >= 0.6 is 35.7 Å². The molecule has 0 aromatic carbocycles. The van der Waals surface area contributed by atoms with Crippen LogP contribution in [-0.4, -0.2) is 110 Å². The number of aliphatic imine (C=N–C) groups is 1. The second-order valence-electron chi connectivity index (χ2n) is 8.51. The number of likely N-dealkylation sites (tertiary alicyclic amines) is 2. The van der Waals surface area contributed by atoms with Crippen LogP contribution in [0.1, 0.15) is 32.1 Å². The van der Waals surface area contributed by atoms with Crippen LogP contribution in [0.25, 0.3) is 0 Å². The van der Waals surface area contributed by atoms with Gasteiger partial charge in [-0.1, -0.05) is 6.42 Å². The normalized spacial score (nSPS) is 33.1. The summed E-state index contributed by atoms with van der Waals surface area (Å²) in [7, 11) is 1.95. The van der Waals surface area contributed by atoms with Crippen LogP contribution in [0.3, 0.4) is 0 Å². The number of hydrogen-bond acceptors (Lipinski definition) is 5. The van der Waals surface area contributed by atoms with Gasteiger partial charge in [-0.3, -0.25) is 14.8 Å². The first-order valence-corrected chi connectivity index (χ1v) is 12.1. The highest BCUT2D eigenvalue weighted by atomic mass is 127. The van der Waals surface area contributed by atoms with Crippen molar-refractivity contribution >= 4 is 41.7 Å². The van der Waals surface area contributed by atoms with Gasteiger partial charge in [-0.05, 0) is 44.5 Å². The first kappa shape index (κ1) is 22.9. The van der Waals surface area contributed by atoms with Crippen LogP contribution in [0.5, 0.6) is 0 Å². The Labute approximate surface area is 192 Å². The molecule has 2 unspecified atom stereocenters. The van der Waals surface area contributed by atoms with E-state index in [4.69, 9.17) is 4.74 Å². The monoisotopic (exact) mass is 523 g/mol. The Morgan fingerprint density at radius 3 is 2.61 bits per heavy atom. The fraction of sp³-hybridized carbons (Fsp3) is 0.950. The first-order valence-electron chi connectivity index (χ1n) is 10.9. The molecule has 0 saturated carbocycles. The SMILES string of the molecule is CN=C(NCC1(N2CCOCC2)CCSC1)N1CCC(N2CCCCC2)C1.I. The Morgan fingerprint density at radius 1 is 1.14 bits per heavy atom. The van der Waals surface area contributed by atoms with Crippen LogP contribution in [-0.2, 0) is 4.74 Å². The standard InChI is InChI=1S/C20H37N5OS.HI/c1-21-19(24-9-5-18(15-24)23-7-3-2-4-8-23)22-16-20(6-14-27-17-20)25-10-12-26-13-11-25;/h18H,2-17H2,1H3,(H,21,22);1H. The van der Waals surface area contributed by atoms with Gasteiger partial charge < -0.3 is 15.0 Å². The van der Waals surface area contributed by atoms with Gasteiger partial charge in [-0.15, -0.1) is 24.0 Å². The summed E-state index contributed by atoms with van der Waals surface area (Å²) >= 11 is 2.10. The molecule has 162 valence electrons. The van der Waals surface area contributed by atoms with E-state index in [1.165, 1.54) is 56.7 Å². The smallest absolute Gasteiger partial charge is 0.193 e. The maximum absolute atomic E-state index is 5.60. The minimum Gasteiger partial charge on any atom is -0.379 e. The molecule has 0 bridgehead atoms. The first-order chi connectivity index (χ1) is 13.3. The summed E-state index contributed by atoms with van der Waals surface area (Å²) in [5.74, 6) is 3.62. The van der Waals surface area contributed by atoms with E-state index in [1.807, 2.05) is 7.05 Å². The third kappa shape index (κ3) is 5.28. The van der Waals surface area contributed by atoms with Gasteiger partial charge in [0.1, 0.15) is 0 Å². The molecule has 4 aliphatic heterocycles. The van der Waals surface area contributed by atoms with Gasteiger partial charge in [0.15, 0.2) is 5.96 Å². The predicted octanol–water partition coefficient (Wildman–Crippen LogP) is 1.95.